The molecule has 0 bridgehead atoms. The Morgan fingerprint density at radius 1 is 1.17 bits per heavy atom. The van der Waals surface area contributed by atoms with Crippen LogP contribution in [0, 0.1) is 0 Å². The Hall–Kier alpha value is -1.28. The molecule has 0 saturated heterocycles. The summed E-state index contributed by atoms with van der Waals surface area (Å²) >= 11 is 0. The van der Waals surface area contributed by atoms with Crippen LogP contribution in [-0.4, -0.2) is 45.2 Å². The van der Waals surface area contributed by atoms with E-state index in [1.165, 1.54) is 0 Å². The third-order valence-electron chi connectivity index (χ3n) is 1.57. The molecule has 0 radical (unpaired) electrons. The van der Waals surface area contributed by atoms with Crippen LogP contribution in [-0.2, 0) is 10.1 Å². The summed E-state index contributed by atoms with van der Waals surface area (Å²) in [7, 11) is -5.04. The Bertz CT molecular complexity index is 524. The molecule has 0 unspecified atom stereocenters. The predicted molar refractivity (Wildman–Crippen MR) is 51.9 cm³/mol. The van der Waals surface area contributed by atoms with Crippen molar-refractivity contribution in [1.82, 2.24) is 0 Å². The summed E-state index contributed by atoms with van der Waals surface area (Å²) in [6.07, 6.45) is 0. The van der Waals surface area contributed by atoms with Crippen molar-refractivity contribution in [2.24, 2.45) is 0 Å². The fraction of sp³-hybridized carbons (Fsp3) is 0. The van der Waals surface area contributed by atoms with Crippen LogP contribution in [0.5, 0.6) is 11.5 Å². The van der Waals surface area contributed by atoms with E-state index in [9.17, 15) is 17.8 Å². The number of phenols is 2. The van der Waals surface area contributed by atoms with E-state index in [4.69, 9.17) is 15.3 Å². The SMILES string of the molecule is O.O.O=C(O)c1cc(O)c(O)c(S(=O)(=O)[O-])c1.[Li+]. The zero-order chi connectivity index (χ0) is 11.8. The monoisotopic (exact) mass is 276 g/mol. The fourth-order valence-corrected chi connectivity index (χ4v) is 1.52. The number of rotatable bonds is 2. The molecule has 7 N–H and O–H groups in total. The zero-order valence-corrected chi connectivity index (χ0v) is 9.85. The minimum atomic E-state index is -5.04. The first kappa shape index (κ1) is 21.9. The molecule has 1 rings (SSSR count). The molecule has 9 nitrogen and oxygen atoms in total. The molecule has 0 aromatic heterocycles. The van der Waals surface area contributed by atoms with Gasteiger partial charge >= 0.3 is 24.8 Å². The van der Waals surface area contributed by atoms with Gasteiger partial charge in [-0.3, -0.25) is 0 Å². The van der Waals surface area contributed by atoms with Crippen molar-refractivity contribution in [3.05, 3.63) is 17.7 Å². The summed E-state index contributed by atoms with van der Waals surface area (Å²) in [5.74, 6) is -3.67. The second kappa shape index (κ2) is 7.22. The maximum absolute atomic E-state index is 10.6. The number of aromatic hydroxyl groups is 2. The number of carboxylic acid groups (broad SMARTS) is 1. The molecular formula is C7H9LiO9S. The van der Waals surface area contributed by atoms with Crippen LogP contribution in [0.15, 0.2) is 17.0 Å². The van der Waals surface area contributed by atoms with Gasteiger partial charge in [-0.2, -0.15) is 0 Å². The van der Waals surface area contributed by atoms with Crippen LogP contribution in [0.2, 0.25) is 0 Å². The Balaban J connectivity index is -0.000000750. The largest absolute Gasteiger partial charge is 1.00 e. The molecule has 98 valence electrons. The third-order valence-corrected chi connectivity index (χ3v) is 2.42. The van der Waals surface area contributed by atoms with Gasteiger partial charge in [-0.25, -0.2) is 13.2 Å². The summed E-state index contributed by atoms with van der Waals surface area (Å²) in [5.41, 5.74) is -0.611. The topological polar surface area (TPSA) is 198 Å². The quantitative estimate of drug-likeness (QED) is 0.273. The maximum atomic E-state index is 10.6. The number of phenolic OH excluding ortho intramolecular Hbond substituents is 2. The van der Waals surface area contributed by atoms with Crippen LogP contribution in [0.4, 0.5) is 0 Å². The number of carboxylic acids is 1. The molecule has 0 amide bonds. The van der Waals surface area contributed by atoms with Crippen LogP contribution >= 0.6 is 0 Å². The molecule has 0 heterocycles. The van der Waals surface area contributed by atoms with E-state index < -0.39 is 38.0 Å². The average Bonchev–Trinajstić information content (AvgIpc) is 2.06. The number of hydrogen-bond acceptors (Lipinski definition) is 6. The summed E-state index contributed by atoms with van der Waals surface area (Å²) in [5, 5.41) is 26.5. The van der Waals surface area contributed by atoms with Gasteiger partial charge in [0.2, 0.25) is 0 Å². The van der Waals surface area contributed by atoms with Gasteiger partial charge in [0.05, 0.1) is 5.56 Å². The van der Waals surface area contributed by atoms with Crippen molar-refractivity contribution < 1.29 is 62.9 Å². The van der Waals surface area contributed by atoms with E-state index in [1.54, 1.807) is 0 Å². The Labute approximate surface area is 113 Å². The van der Waals surface area contributed by atoms with Gasteiger partial charge in [0.15, 0.2) is 11.5 Å². The summed E-state index contributed by atoms with van der Waals surface area (Å²) < 4.78 is 31.7. The molecule has 11 heteroatoms. The molecule has 0 saturated carbocycles. The van der Waals surface area contributed by atoms with Gasteiger partial charge in [0, 0.05) is 0 Å². The molecular weight excluding hydrogens is 267 g/mol. The van der Waals surface area contributed by atoms with Crippen LogP contribution in [0.25, 0.3) is 0 Å². The van der Waals surface area contributed by atoms with Gasteiger partial charge < -0.3 is 30.8 Å². The Kier molecular flexibility index (Phi) is 8.80. The van der Waals surface area contributed by atoms with Crippen molar-refractivity contribution in [2.45, 2.75) is 4.90 Å². The van der Waals surface area contributed by atoms with E-state index in [0.29, 0.717) is 12.1 Å². The van der Waals surface area contributed by atoms with E-state index in [2.05, 4.69) is 0 Å². The molecule has 0 atom stereocenters. The number of carbonyl (C=O) groups is 1. The fourth-order valence-electron chi connectivity index (χ4n) is 0.907. The Morgan fingerprint density at radius 2 is 1.61 bits per heavy atom. The van der Waals surface area contributed by atoms with E-state index in [0.717, 1.165) is 0 Å². The van der Waals surface area contributed by atoms with Gasteiger partial charge in [0.25, 0.3) is 0 Å². The first-order valence-corrected chi connectivity index (χ1v) is 4.89. The molecule has 0 aliphatic heterocycles. The minimum Gasteiger partial charge on any atom is -0.744 e. The van der Waals surface area contributed by atoms with Crippen molar-refractivity contribution in [2.75, 3.05) is 0 Å². The van der Waals surface area contributed by atoms with E-state index in [-0.39, 0.29) is 29.8 Å². The van der Waals surface area contributed by atoms with Crippen molar-refractivity contribution in [3.63, 3.8) is 0 Å². The van der Waals surface area contributed by atoms with E-state index in [1.807, 2.05) is 0 Å². The third kappa shape index (κ3) is 4.53. The smallest absolute Gasteiger partial charge is 0.744 e. The maximum Gasteiger partial charge on any atom is 1.00 e. The van der Waals surface area contributed by atoms with Gasteiger partial charge in [-0.15, -0.1) is 0 Å². The van der Waals surface area contributed by atoms with Gasteiger partial charge in [-0.05, 0) is 12.1 Å². The number of aromatic carboxylic acids is 1. The predicted octanol–water partition coefficient (Wildman–Crippen LogP) is -4.95. The second-order valence-corrected chi connectivity index (χ2v) is 3.95. The normalized spacial score (nSPS) is 9.39. The van der Waals surface area contributed by atoms with Crippen LogP contribution in [0.1, 0.15) is 10.4 Å². The molecule has 0 aliphatic carbocycles. The van der Waals surface area contributed by atoms with Gasteiger partial charge in [0.1, 0.15) is 15.0 Å². The standard InChI is InChI=1S/C7H6O7S.Li.2H2O/c8-4-1-3(7(10)11)2-5(6(4)9)15(12,13)14;;;/h1-2,8-9H,(H,10,11)(H,12,13,14);;2*1H2/q;+1;;/p-1. The van der Waals surface area contributed by atoms with Crippen molar-refractivity contribution in [3.8, 4) is 11.5 Å². The van der Waals surface area contributed by atoms with Gasteiger partial charge in [-0.1, -0.05) is 0 Å². The first-order chi connectivity index (χ1) is 6.73. The van der Waals surface area contributed by atoms with Crippen molar-refractivity contribution in [1.29, 1.82) is 0 Å². The summed E-state index contributed by atoms with van der Waals surface area (Å²) in [6.45, 7) is 0. The molecule has 1 aromatic carbocycles. The van der Waals surface area contributed by atoms with Crippen molar-refractivity contribution >= 4 is 16.1 Å². The first-order valence-electron chi connectivity index (χ1n) is 3.48. The number of benzene rings is 1. The average molecular weight is 276 g/mol. The molecule has 0 fully saturated rings. The molecule has 1 aromatic rings. The zero-order valence-electron chi connectivity index (χ0n) is 9.04. The number of hydrogen-bond donors (Lipinski definition) is 3. The second-order valence-electron chi connectivity index (χ2n) is 2.60. The summed E-state index contributed by atoms with van der Waals surface area (Å²) in [4.78, 5) is 9.29. The summed E-state index contributed by atoms with van der Waals surface area (Å²) in [6, 6.07) is 1.10. The van der Waals surface area contributed by atoms with Crippen LogP contribution in [0.3, 0.4) is 0 Å². The molecule has 0 aliphatic rings. The van der Waals surface area contributed by atoms with E-state index >= 15 is 0 Å². The Morgan fingerprint density at radius 3 is 1.94 bits per heavy atom. The van der Waals surface area contributed by atoms with Crippen LogP contribution < -0.4 is 18.9 Å². The minimum absolute atomic E-state index is 0. The molecule has 18 heavy (non-hydrogen) atoms. The molecule has 0 spiro atoms.